The SMILES string of the molecule is NC(=N/N=C\c1cc(Cl)cc(Cl)c1OCc1ccccc1)N[N+](=O)[O-]. The Labute approximate surface area is 153 Å². The van der Waals surface area contributed by atoms with Gasteiger partial charge in [0.1, 0.15) is 12.4 Å². The molecule has 130 valence electrons. The van der Waals surface area contributed by atoms with Crippen LogP contribution in [-0.4, -0.2) is 17.2 Å². The highest BCUT2D eigenvalue weighted by Crippen LogP contribution is 2.32. The zero-order valence-corrected chi connectivity index (χ0v) is 14.2. The molecule has 8 nitrogen and oxygen atoms in total. The maximum absolute atomic E-state index is 10.2. The Morgan fingerprint density at radius 2 is 2.04 bits per heavy atom. The fraction of sp³-hybridized carbons (Fsp3) is 0.0667. The summed E-state index contributed by atoms with van der Waals surface area (Å²) in [7, 11) is 0. The van der Waals surface area contributed by atoms with E-state index in [1.807, 2.05) is 30.3 Å². The van der Waals surface area contributed by atoms with Crippen molar-refractivity contribution in [3.05, 3.63) is 73.8 Å². The highest BCUT2D eigenvalue weighted by atomic mass is 35.5. The lowest BCUT2D eigenvalue weighted by Crippen LogP contribution is -2.35. The number of nitrogens with two attached hydrogens (primary N) is 1. The van der Waals surface area contributed by atoms with Crippen molar-refractivity contribution in [2.24, 2.45) is 15.9 Å². The molecule has 2 rings (SSSR count). The average Bonchev–Trinajstić information content (AvgIpc) is 2.54. The van der Waals surface area contributed by atoms with Crippen LogP contribution >= 0.6 is 23.2 Å². The molecule has 0 saturated carbocycles. The Hall–Kier alpha value is -2.84. The number of nitrogens with one attached hydrogen (secondary N) is 1. The van der Waals surface area contributed by atoms with Crippen molar-refractivity contribution < 1.29 is 9.77 Å². The van der Waals surface area contributed by atoms with Gasteiger partial charge < -0.3 is 10.5 Å². The number of nitrogens with zero attached hydrogens (tertiary/aromatic N) is 3. The lowest BCUT2D eigenvalue weighted by Gasteiger charge is -2.11. The molecule has 0 unspecified atom stereocenters. The lowest BCUT2D eigenvalue weighted by molar-refractivity contribution is -0.525. The van der Waals surface area contributed by atoms with Crippen LogP contribution in [0, 0.1) is 10.1 Å². The molecule has 0 heterocycles. The number of halogens is 2. The molecule has 25 heavy (non-hydrogen) atoms. The van der Waals surface area contributed by atoms with Crippen molar-refractivity contribution in [1.82, 2.24) is 5.43 Å². The number of benzene rings is 2. The van der Waals surface area contributed by atoms with Crippen molar-refractivity contribution in [1.29, 1.82) is 0 Å². The summed E-state index contributed by atoms with van der Waals surface area (Å²) in [5.74, 6) is -0.115. The van der Waals surface area contributed by atoms with Gasteiger partial charge in [-0.2, -0.15) is 5.10 Å². The summed E-state index contributed by atoms with van der Waals surface area (Å²) >= 11 is 12.2. The number of ether oxygens (including phenoxy) is 1. The maximum atomic E-state index is 10.2. The molecule has 0 fully saturated rings. The summed E-state index contributed by atoms with van der Waals surface area (Å²) in [6, 6.07) is 12.6. The molecule has 0 bridgehead atoms. The van der Waals surface area contributed by atoms with Gasteiger partial charge >= 0.3 is 0 Å². The van der Waals surface area contributed by atoms with Gasteiger partial charge in [0, 0.05) is 10.6 Å². The number of hydrogen-bond acceptors (Lipinski definition) is 5. The first kappa shape index (κ1) is 18.5. The predicted molar refractivity (Wildman–Crippen MR) is 96.6 cm³/mol. The minimum atomic E-state index is -0.848. The summed E-state index contributed by atoms with van der Waals surface area (Å²) in [6.45, 7) is 0.289. The Morgan fingerprint density at radius 1 is 1.32 bits per heavy atom. The smallest absolute Gasteiger partial charge is 0.275 e. The predicted octanol–water partition coefficient (Wildman–Crippen LogP) is 3.00. The third-order valence-corrected chi connectivity index (χ3v) is 3.33. The fourth-order valence-electron chi connectivity index (χ4n) is 1.83. The standard InChI is InChI=1S/C15H13Cl2N5O3/c16-12-6-11(8-19-20-15(18)21-22(23)24)14(13(17)7-12)25-9-10-4-2-1-3-5-10/h1-8H,9H2,(H3,18,20,21)/b19-8-. The van der Waals surface area contributed by atoms with E-state index in [2.05, 4.69) is 10.2 Å². The van der Waals surface area contributed by atoms with Crippen molar-refractivity contribution in [2.75, 3.05) is 0 Å². The number of nitro groups is 1. The van der Waals surface area contributed by atoms with E-state index < -0.39 is 11.0 Å². The Bertz CT molecular complexity index is 812. The van der Waals surface area contributed by atoms with Gasteiger partial charge in [-0.3, -0.25) is 0 Å². The van der Waals surface area contributed by atoms with E-state index in [-0.39, 0.29) is 6.61 Å². The second-order valence-corrected chi connectivity index (χ2v) is 5.52. The second-order valence-electron chi connectivity index (χ2n) is 4.68. The van der Waals surface area contributed by atoms with Crippen LogP contribution in [0.1, 0.15) is 11.1 Å². The van der Waals surface area contributed by atoms with Crippen LogP contribution < -0.4 is 15.9 Å². The number of rotatable bonds is 6. The molecule has 0 aliphatic rings. The van der Waals surface area contributed by atoms with Crippen molar-refractivity contribution in [3.63, 3.8) is 0 Å². The average molecular weight is 382 g/mol. The molecule has 2 aromatic carbocycles. The van der Waals surface area contributed by atoms with Gasteiger partial charge in [-0.05, 0) is 17.7 Å². The van der Waals surface area contributed by atoms with Gasteiger partial charge in [0.15, 0.2) is 5.03 Å². The van der Waals surface area contributed by atoms with Crippen LogP contribution in [0.25, 0.3) is 0 Å². The molecule has 0 radical (unpaired) electrons. The minimum Gasteiger partial charge on any atom is -0.487 e. The van der Waals surface area contributed by atoms with Gasteiger partial charge in [-0.25, -0.2) is 10.1 Å². The summed E-state index contributed by atoms with van der Waals surface area (Å²) in [5, 5.41) is 17.2. The van der Waals surface area contributed by atoms with E-state index >= 15 is 0 Å². The van der Waals surface area contributed by atoms with Crippen LogP contribution in [0.4, 0.5) is 0 Å². The van der Waals surface area contributed by atoms with Crippen LogP contribution in [-0.2, 0) is 6.61 Å². The fourth-order valence-corrected chi connectivity index (χ4v) is 2.39. The summed E-state index contributed by atoms with van der Waals surface area (Å²) < 4.78 is 5.75. The largest absolute Gasteiger partial charge is 0.487 e. The zero-order chi connectivity index (χ0) is 18.2. The van der Waals surface area contributed by atoms with E-state index in [1.54, 1.807) is 11.5 Å². The first-order valence-corrected chi connectivity index (χ1v) is 7.64. The van der Waals surface area contributed by atoms with Crippen molar-refractivity contribution in [2.45, 2.75) is 6.61 Å². The minimum absolute atomic E-state index is 0.289. The quantitative estimate of drug-likeness (QED) is 0.345. The van der Waals surface area contributed by atoms with E-state index in [0.717, 1.165) is 5.56 Å². The maximum Gasteiger partial charge on any atom is 0.275 e. The van der Waals surface area contributed by atoms with E-state index in [1.165, 1.54) is 12.3 Å². The van der Waals surface area contributed by atoms with E-state index in [4.69, 9.17) is 33.7 Å². The summed E-state index contributed by atoms with van der Waals surface area (Å²) in [6.07, 6.45) is 1.28. The van der Waals surface area contributed by atoms with Crippen LogP contribution in [0.2, 0.25) is 10.0 Å². The molecule has 3 N–H and O–H groups in total. The molecule has 0 spiro atoms. The van der Waals surface area contributed by atoms with Gasteiger partial charge in [0.05, 0.1) is 11.2 Å². The monoisotopic (exact) mass is 381 g/mol. The van der Waals surface area contributed by atoms with Gasteiger partial charge in [-0.1, -0.05) is 59.0 Å². The highest BCUT2D eigenvalue weighted by Gasteiger charge is 2.10. The summed E-state index contributed by atoms with van der Waals surface area (Å²) in [5.41, 5.74) is 8.34. The normalized spacial score (nSPS) is 11.5. The molecule has 0 aliphatic heterocycles. The molecule has 0 saturated heterocycles. The molecular formula is C15H13Cl2N5O3. The number of hydrazine groups is 1. The first-order chi connectivity index (χ1) is 12.0. The zero-order valence-electron chi connectivity index (χ0n) is 12.7. The second kappa shape index (κ2) is 8.86. The number of hydrogen-bond donors (Lipinski definition) is 2. The molecule has 10 heteroatoms. The Morgan fingerprint density at radius 3 is 2.72 bits per heavy atom. The van der Waals surface area contributed by atoms with E-state index in [0.29, 0.717) is 21.4 Å². The Balaban J connectivity index is 2.20. The molecular weight excluding hydrogens is 369 g/mol. The van der Waals surface area contributed by atoms with E-state index in [9.17, 15) is 10.1 Å². The molecule has 2 aromatic rings. The first-order valence-electron chi connectivity index (χ1n) is 6.89. The van der Waals surface area contributed by atoms with Crippen LogP contribution in [0.3, 0.4) is 0 Å². The molecule has 0 atom stereocenters. The molecule has 0 aliphatic carbocycles. The Kier molecular flexibility index (Phi) is 6.55. The van der Waals surface area contributed by atoms with Crippen LogP contribution in [0.5, 0.6) is 5.75 Å². The van der Waals surface area contributed by atoms with Crippen molar-refractivity contribution in [3.8, 4) is 5.75 Å². The van der Waals surface area contributed by atoms with Gasteiger partial charge in [0.2, 0.25) is 0 Å². The highest BCUT2D eigenvalue weighted by molar-refractivity contribution is 6.36. The van der Waals surface area contributed by atoms with Gasteiger partial charge in [0.25, 0.3) is 5.96 Å². The summed E-state index contributed by atoms with van der Waals surface area (Å²) in [4.78, 5) is 10.2. The molecule has 0 aromatic heterocycles. The van der Waals surface area contributed by atoms with Crippen LogP contribution in [0.15, 0.2) is 52.7 Å². The van der Waals surface area contributed by atoms with Crippen molar-refractivity contribution >= 4 is 35.4 Å². The number of guanidine groups is 1. The topological polar surface area (TPSA) is 115 Å². The lowest BCUT2D eigenvalue weighted by atomic mass is 10.2. The van der Waals surface area contributed by atoms with Gasteiger partial charge in [-0.15, -0.1) is 5.10 Å². The molecule has 0 amide bonds. The third-order valence-electron chi connectivity index (χ3n) is 2.83. The third kappa shape index (κ3) is 5.94.